The first-order chi connectivity index (χ1) is 11.1. The molecule has 1 aliphatic rings. The number of methoxy groups -OCH3 is 3. The van der Waals surface area contributed by atoms with Crippen LogP contribution in [0, 0.1) is 5.92 Å². The largest absolute Gasteiger partial charge is 0.347 e. The number of epoxide rings is 1. The van der Waals surface area contributed by atoms with Crippen LogP contribution in [0.1, 0.15) is 65.7 Å². The highest BCUT2D eigenvalue weighted by Gasteiger charge is 2.67. The van der Waals surface area contributed by atoms with E-state index in [2.05, 4.69) is 13.8 Å². The van der Waals surface area contributed by atoms with Crippen LogP contribution < -0.4 is 0 Å². The Kier molecular flexibility index (Phi) is 9.01. The van der Waals surface area contributed by atoms with Gasteiger partial charge in [0.15, 0.2) is 0 Å². The first-order valence-corrected chi connectivity index (χ1v) is 9.04. The molecule has 0 amide bonds. The fraction of sp³-hybridized carbons (Fsp3) is 1.00. The lowest BCUT2D eigenvalue weighted by atomic mass is 9.90. The van der Waals surface area contributed by atoms with Crippen LogP contribution >= 0.6 is 0 Å². The van der Waals surface area contributed by atoms with Crippen molar-refractivity contribution in [3.63, 3.8) is 0 Å². The summed E-state index contributed by atoms with van der Waals surface area (Å²) in [7, 11) is 4.83. The first-order valence-electron chi connectivity index (χ1n) is 9.04. The van der Waals surface area contributed by atoms with Crippen molar-refractivity contribution in [2.45, 2.75) is 83.6 Å². The summed E-state index contributed by atoms with van der Waals surface area (Å²) in [4.78, 5) is 0. The average molecular weight is 332 g/mol. The predicted octanol–water partition coefficient (Wildman–Crippen LogP) is 4.10. The van der Waals surface area contributed by atoms with Crippen LogP contribution in [0.4, 0.5) is 0 Å². The molecule has 0 aliphatic carbocycles. The summed E-state index contributed by atoms with van der Waals surface area (Å²) in [5.41, 5.74) is 0. The van der Waals surface area contributed by atoms with Gasteiger partial charge in [-0.25, -0.2) is 0 Å². The normalized spacial score (nSPS) is 25.6. The van der Waals surface area contributed by atoms with Crippen molar-refractivity contribution in [2.24, 2.45) is 5.92 Å². The number of ether oxygens (including phenoxy) is 5. The van der Waals surface area contributed by atoms with Gasteiger partial charge in [-0.3, -0.25) is 0 Å². The third kappa shape index (κ3) is 4.89. The summed E-state index contributed by atoms with van der Waals surface area (Å²) < 4.78 is 28.9. The van der Waals surface area contributed by atoms with E-state index in [4.69, 9.17) is 23.7 Å². The van der Waals surface area contributed by atoms with Gasteiger partial charge in [0, 0.05) is 27.9 Å². The Labute approximate surface area is 142 Å². The fourth-order valence-electron chi connectivity index (χ4n) is 3.37. The Balaban J connectivity index is 2.83. The Morgan fingerprint density at radius 1 is 0.957 bits per heavy atom. The van der Waals surface area contributed by atoms with E-state index < -0.39 is 11.8 Å². The topological polar surface area (TPSA) is 49.5 Å². The molecule has 1 aliphatic heterocycles. The van der Waals surface area contributed by atoms with Gasteiger partial charge in [0.05, 0.1) is 5.92 Å². The molecule has 3 unspecified atom stereocenters. The second-order valence-corrected chi connectivity index (χ2v) is 6.30. The van der Waals surface area contributed by atoms with E-state index in [0.717, 1.165) is 19.3 Å². The molecular formula is C18H36O5. The third-order valence-corrected chi connectivity index (χ3v) is 4.76. The van der Waals surface area contributed by atoms with E-state index in [1.807, 2.05) is 6.92 Å². The van der Waals surface area contributed by atoms with Gasteiger partial charge in [0.25, 0.3) is 5.97 Å². The molecule has 0 bridgehead atoms. The molecule has 23 heavy (non-hydrogen) atoms. The summed E-state index contributed by atoms with van der Waals surface area (Å²) in [6.07, 6.45) is 7.89. The summed E-state index contributed by atoms with van der Waals surface area (Å²) >= 11 is 0. The minimum atomic E-state index is -1.14. The van der Waals surface area contributed by atoms with E-state index in [0.29, 0.717) is 6.61 Å². The molecule has 0 aromatic carbocycles. The van der Waals surface area contributed by atoms with Gasteiger partial charge in [0.1, 0.15) is 6.10 Å². The van der Waals surface area contributed by atoms with Crippen molar-refractivity contribution in [1.29, 1.82) is 0 Å². The van der Waals surface area contributed by atoms with Crippen molar-refractivity contribution in [3.05, 3.63) is 0 Å². The zero-order valence-electron chi connectivity index (χ0n) is 15.9. The predicted molar refractivity (Wildman–Crippen MR) is 90.1 cm³/mol. The van der Waals surface area contributed by atoms with Gasteiger partial charge in [-0.05, 0) is 19.8 Å². The number of hydrogen-bond donors (Lipinski definition) is 0. The van der Waals surface area contributed by atoms with Crippen molar-refractivity contribution < 1.29 is 23.7 Å². The van der Waals surface area contributed by atoms with Crippen LogP contribution in [0.25, 0.3) is 0 Å². The molecular weight excluding hydrogens is 296 g/mol. The summed E-state index contributed by atoms with van der Waals surface area (Å²) in [6.45, 7) is 7.01. The average Bonchev–Trinajstić information content (AvgIpc) is 3.23. The van der Waals surface area contributed by atoms with Crippen LogP contribution in [-0.4, -0.2) is 45.8 Å². The van der Waals surface area contributed by atoms with E-state index in [9.17, 15) is 0 Å². The lowest BCUT2D eigenvalue weighted by molar-refractivity contribution is -0.399. The van der Waals surface area contributed by atoms with Crippen molar-refractivity contribution in [3.8, 4) is 0 Å². The Morgan fingerprint density at radius 3 is 1.96 bits per heavy atom. The molecule has 138 valence electrons. The SMILES string of the molecule is CCCCCCCC(C(OC)(OC)OC)C1(OCCC)OC1C. The van der Waals surface area contributed by atoms with Gasteiger partial charge >= 0.3 is 0 Å². The van der Waals surface area contributed by atoms with Crippen LogP contribution in [0.5, 0.6) is 0 Å². The zero-order chi connectivity index (χ0) is 17.3. The second-order valence-electron chi connectivity index (χ2n) is 6.30. The van der Waals surface area contributed by atoms with Crippen LogP contribution in [0.15, 0.2) is 0 Å². The van der Waals surface area contributed by atoms with E-state index >= 15 is 0 Å². The molecule has 3 atom stereocenters. The molecule has 1 heterocycles. The molecule has 0 saturated carbocycles. The molecule has 0 radical (unpaired) electrons. The first kappa shape index (κ1) is 20.8. The van der Waals surface area contributed by atoms with E-state index in [1.165, 1.54) is 25.7 Å². The Hall–Kier alpha value is -0.200. The lowest BCUT2D eigenvalue weighted by Crippen LogP contribution is -2.52. The molecule has 5 nitrogen and oxygen atoms in total. The maximum absolute atomic E-state index is 6.09. The molecule has 0 N–H and O–H groups in total. The second kappa shape index (κ2) is 9.94. The Bertz CT molecular complexity index is 310. The minimum absolute atomic E-state index is 0.0227. The lowest BCUT2D eigenvalue weighted by Gasteiger charge is -2.39. The number of hydrogen-bond acceptors (Lipinski definition) is 5. The van der Waals surface area contributed by atoms with Gasteiger partial charge in [0.2, 0.25) is 5.79 Å². The monoisotopic (exact) mass is 332 g/mol. The summed E-state index contributed by atoms with van der Waals surface area (Å²) in [5.74, 6) is -1.93. The zero-order valence-corrected chi connectivity index (χ0v) is 15.9. The fourth-order valence-corrected chi connectivity index (χ4v) is 3.37. The quantitative estimate of drug-likeness (QED) is 0.272. The minimum Gasteiger partial charge on any atom is -0.347 e. The number of rotatable bonds is 14. The van der Waals surface area contributed by atoms with Crippen molar-refractivity contribution in [1.82, 2.24) is 0 Å². The van der Waals surface area contributed by atoms with Gasteiger partial charge in [-0.2, -0.15) is 0 Å². The number of unbranched alkanes of at least 4 members (excludes halogenated alkanes) is 4. The van der Waals surface area contributed by atoms with Crippen molar-refractivity contribution >= 4 is 0 Å². The van der Waals surface area contributed by atoms with Crippen LogP contribution in [0.2, 0.25) is 0 Å². The molecule has 1 saturated heterocycles. The maximum atomic E-state index is 6.09. The molecule has 0 spiro atoms. The highest BCUT2D eigenvalue weighted by Crippen LogP contribution is 2.51. The molecule has 0 aromatic heterocycles. The molecule has 1 rings (SSSR count). The summed E-state index contributed by atoms with van der Waals surface area (Å²) in [6, 6.07) is 0. The van der Waals surface area contributed by atoms with E-state index in [1.54, 1.807) is 21.3 Å². The Morgan fingerprint density at radius 2 is 1.52 bits per heavy atom. The van der Waals surface area contributed by atoms with Crippen molar-refractivity contribution in [2.75, 3.05) is 27.9 Å². The van der Waals surface area contributed by atoms with Gasteiger partial charge in [-0.15, -0.1) is 0 Å². The highest BCUT2D eigenvalue weighted by molar-refractivity contribution is 5.01. The van der Waals surface area contributed by atoms with Gasteiger partial charge in [-0.1, -0.05) is 46.0 Å². The standard InChI is InChI=1S/C18H36O5/c1-7-9-10-11-12-13-16(18(19-4,20-5)21-6)17(15(3)23-17)22-14-8-2/h15-16H,7-14H2,1-6H3. The van der Waals surface area contributed by atoms with Crippen LogP contribution in [-0.2, 0) is 23.7 Å². The highest BCUT2D eigenvalue weighted by atomic mass is 16.9. The summed E-state index contributed by atoms with van der Waals surface area (Å²) in [5, 5.41) is 0. The van der Waals surface area contributed by atoms with Crippen LogP contribution in [0.3, 0.4) is 0 Å². The third-order valence-electron chi connectivity index (χ3n) is 4.76. The molecule has 5 heteroatoms. The molecule has 1 fully saturated rings. The van der Waals surface area contributed by atoms with Gasteiger partial charge < -0.3 is 23.7 Å². The maximum Gasteiger partial charge on any atom is 0.290 e. The molecule has 0 aromatic rings. The smallest absolute Gasteiger partial charge is 0.290 e. The van der Waals surface area contributed by atoms with E-state index in [-0.39, 0.29) is 12.0 Å².